The van der Waals surface area contributed by atoms with E-state index in [1.807, 2.05) is 0 Å². The average molecular weight is 243 g/mol. The zero-order valence-electron chi connectivity index (χ0n) is 10.9. The van der Waals surface area contributed by atoms with Crippen molar-refractivity contribution in [2.24, 2.45) is 5.92 Å². The lowest BCUT2D eigenvalue weighted by Crippen LogP contribution is -2.47. The van der Waals surface area contributed by atoms with Crippen LogP contribution in [0.4, 0.5) is 0 Å². The molecule has 1 fully saturated rings. The van der Waals surface area contributed by atoms with Gasteiger partial charge in [-0.05, 0) is 38.0 Å². The van der Waals surface area contributed by atoms with E-state index in [4.69, 9.17) is 9.84 Å². The monoisotopic (exact) mass is 243 g/mol. The van der Waals surface area contributed by atoms with Crippen molar-refractivity contribution in [3.05, 3.63) is 0 Å². The van der Waals surface area contributed by atoms with Gasteiger partial charge in [0, 0.05) is 19.3 Å². The molecule has 100 valence electrons. The second kappa shape index (κ2) is 7.67. The SMILES string of the molecule is CC(C)CCOCCC1CCCC(C(=O)O)N1. The Bertz CT molecular complexity index is 231. The van der Waals surface area contributed by atoms with Gasteiger partial charge in [0.15, 0.2) is 0 Å². The average Bonchev–Trinajstić information content (AvgIpc) is 2.28. The van der Waals surface area contributed by atoms with Crippen LogP contribution in [0.2, 0.25) is 0 Å². The van der Waals surface area contributed by atoms with Gasteiger partial charge in [0.05, 0.1) is 0 Å². The van der Waals surface area contributed by atoms with Crippen molar-refractivity contribution in [3.8, 4) is 0 Å². The number of piperidine rings is 1. The lowest BCUT2D eigenvalue weighted by Gasteiger charge is -2.28. The first-order chi connectivity index (χ1) is 8.09. The van der Waals surface area contributed by atoms with Crippen LogP contribution in [0.3, 0.4) is 0 Å². The molecule has 0 bridgehead atoms. The van der Waals surface area contributed by atoms with Crippen LogP contribution in [-0.2, 0) is 9.53 Å². The highest BCUT2D eigenvalue weighted by Crippen LogP contribution is 2.15. The second-order valence-electron chi connectivity index (χ2n) is 5.27. The molecule has 1 saturated heterocycles. The summed E-state index contributed by atoms with van der Waals surface area (Å²) in [5, 5.41) is 12.1. The van der Waals surface area contributed by atoms with E-state index in [9.17, 15) is 4.79 Å². The number of carboxylic acids is 1. The molecule has 0 aromatic rings. The second-order valence-corrected chi connectivity index (χ2v) is 5.27. The van der Waals surface area contributed by atoms with Crippen molar-refractivity contribution in [1.29, 1.82) is 0 Å². The first-order valence-electron chi connectivity index (χ1n) is 6.66. The third-order valence-electron chi connectivity index (χ3n) is 3.23. The fraction of sp³-hybridized carbons (Fsp3) is 0.923. The van der Waals surface area contributed by atoms with Gasteiger partial charge in [-0.25, -0.2) is 0 Å². The minimum absolute atomic E-state index is 0.309. The van der Waals surface area contributed by atoms with E-state index < -0.39 is 5.97 Å². The van der Waals surface area contributed by atoms with Crippen molar-refractivity contribution < 1.29 is 14.6 Å². The highest BCUT2D eigenvalue weighted by molar-refractivity contribution is 5.73. The predicted octanol–water partition coefficient (Wildman–Crippen LogP) is 2.03. The van der Waals surface area contributed by atoms with Crippen LogP contribution < -0.4 is 5.32 Å². The van der Waals surface area contributed by atoms with Gasteiger partial charge in [0.1, 0.15) is 6.04 Å². The summed E-state index contributed by atoms with van der Waals surface area (Å²) in [6, 6.07) is -0.0479. The van der Waals surface area contributed by atoms with Crippen molar-refractivity contribution in [1.82, 2.24) is 5.32 Å². The molecule has 2 unspecified atom stereocenters. The van der Waals surface area contributed by atoms with Gasteiger partial charge in [-0.2, -0.15) is 0 Å². The Morgan fingerprint density at radius 2 is 2.18 bits per heavy atom. The standard InChI is InChI=1S/C13H25NO3/c1-10(2)6-8-17-9-7-11-4-3-5-12(14-11)13(15)16/h10-12,14H,3-9H2,1-2H3,(H,15,16). The summed E-state index contributed by atoms with van der Waals surface area (Å²) in [5.41, 5.74) is 0. The lowest BCUT2D eigenvalue weighted by atomic mass is 9.97. The topological polar surface area (TPSA) is 58.6 Å². The Labute approximate surface area is 104 Å². The molecule has 4 heteroatoms. The molecule has 2 N–H and O–H groups in total. The molecule has 17 heavy (non-hydrogen) atoms. The van der Waals surface area contributed by atoms with Gasteiger partial charge in [0.25, 0.3) is 0 Å². The molecular formula is C13H25NO3. The first kappa shape index (κ1) is 14.5. The van der Waals surface area contributed by atoms with Gasteiger partial charge >= 0.3 is 5.97 Å². The molecule has 0 spiro atoms. The third kappa shape index (κ3) is 6.03. The lowest BCUT2D eigenvalue weighted by molar-refractivity contribution is -0.140. The van der Waals surface area contributed by atoms with Crippen LogP contribution in [0.15, 0.2) is 0 Å². The molecule has 0 amide bonds. The van der Waals surface area contributed by atoms with Crippen molar-refractivity contribution >= 4 is 5.97 Å². The Balaban J connectivity index is 2.08. The Morgan fingerprint density at radius 3 is 2.82 bits per heavy atom. The number of ether oxygens (including phenoxy) is 1. The normalized spacial score (nSPS) is 25.1. The van der Waals surface area contributed by atoms with Gasteiger partial charge in [-0.15, -0.1) is 0 Å². The van der Waals surface area contributed by atoms with E-state index in [1.54, 1.807) is 0 Å². The minimum Gasteiger partial charge on any atom is -0.480 e. The highest BCUT2D eigenvalue weighted by atomic mass is 16.5. The summed E-state index contributed by atoms with van der Waals surface area (Å²) >= 11 is 0. The van der Waals surface area contributed by atoms with Crippen molar-refractivity contribution in [3.63, 3.8) is 0 Å². The van der Waals surface area contributed by atoms with Crippen molar-refractivity contribution in [2.45, 2.75) is 58.0 Å². The van der Waals surface area contributed by atoms with E-state index in [0.29, 0.717) is 12.0 Å². The number of hydrogen-bond donors (Lipinski definition) is 2. The molecule has 2 atom stereocenters. The van der Waals surface area contributed by atoms with Crippen molar-refractivity contribution in [2.75, 3.05) is 13.2 Å². The summed E-state index contributed by atoms with van der Waals surface area (Å²) in [4.78, 5) is 10.9. The largest absolute Gasteiger partial charge is 0.480 e. The summed E-state index contributed by atoms with van der Waals surface area (Å²) < 4.78 is 5.56. The van der Waals surface area contributed by atoms with E-state index in [2.05, 4.69) is 19.2 Å². The zero-order chi connectivity index (χ0) is 12.7. The summed E-state index contributed by atoms with van der Waals surface area (Å²) in [6.45, 7) is 5.91. The van der Waals surface area contributed by atoms with E-state index in [0.717, 1.165) is 45.3 Å². The fourth-order valence-corrected chi connectivity index (χ4v) is 2.09. The number of hydrogen-bond acceptors (Lipinski definition) is 3. The molecule has 0 aromatic heterocycles. The number of rotatable bonds is 7. The summed E-state index contributed by atoms with van der Waals surface area (Å²) in [5.74, 6) is -0.0466. The summed E-state index contributed by atoms with van der Waals surface area (Å²) in [7, 11) is 0. The van der Waals surface area contributed by atoms with Gasteiger partial charge in [-0.3, -0.25) is 4.79 Å². The maximum atomic E-state index is 10.9. The van der Waals surface area contributed by atoms with Gasteiger partial charge in [-0.1, -0.05) is 13.8 Å². The van der Waals surface area contributed by atoms with Crippen LogP contribution in [-0.4, -0.2) is 36.4 Å². The maximum Gasteiger partial charge on any atom is 0.320 e. The molecule has 0 aliphatic carbocycles. The quantitative estimate of drug-likeness (QED) is 0.672. The Morgan fingerprint density at radius 1 is 1.41 bits per heavy atom. The first-order valence-corrected chi connectivity index (χ1v) is 6.66. The predicted molar refractivity (Wildman–Crippen MR) is 67.1 cm³/mol. The molecule has 1 aliphatic heterocycles. The maximum absolute atomic E-state index is 10.9. The van der Waals surface area contributed by atoms with Crippen LogP contribution >= 0.6 is 0 Å². The number of carboxylic acid groups (broad SMARTS) is 1. The Kier molecular flexibility index (Phi) is 6.52. The van der Waals surface area contributed by atoms with Gasteiger partial charge < -0.3 is 15.2 Å². The molecule has 1 heterocycles. The number of nitrogens with one attached hydrogen (secondary N) is 1. The Hall–Kier alpha value is -0.610. The van der Waals surface area contributed by atoms with E-state index in [1.165, 1.54) is 0 Å². The smallest absolute Gasteiger partial charge is 0.320 e. The molecular weight excluding hydrogens is 218 g/mol. The zero-order valence-corrected chi connectivity index (χ0v) is 10.9. The molecule has 0 aromatic carbocycles. The number of carbonyl (C=O) groups is 1. The third-order valence-corrected chi connectivity index (χ3v) is 3.23. The van der Waals surface area contributed by atoms with Crippen LogP contribution in [0.1, 0.15) is 46.0 Å². The summed E-state index contributed by atoms with van der Waals surface area (Å²) in [6.07, 6.45) is 4.83. The van der Waals surface area contributed by atoms with Crippen LogP contribution in [0.25, 0.3) is 0 Å². The van der Waals surface area contributed by atoms with Gasteiger partial charge in [0.2, 0.25) is 0 Å². The highest BCUT2D eigenvalue weighted by Gasteiger charge is 2.25. The molecule has 1 rings (SSSR count). The van der Waals surface area contributed by atoms with E-state index >= 15 is 0 Å². The fourth-order valence-electron chi connectivity index (χ4n) is 2.09. The van der Waals surface area contributed by atoms with Crippen LogP contribution in [0, 0.1) is 5.92 Å². The molecule has 0 radical (unpaired) electrons. The molecule has 4 nitrogen and oxygen atoms in total. The minimum atomic E-state index is -0.726. The molecule has 0 saturated carbocycles. The van der Waals surface area contributed by atoms with E-state index in [-0.39, 0.29) is 6.04 Å². The van der Waals surface area contributed by atoms with Crippen LogP contribution in [0.5, 0.6) is 0 Å². The number of aliphatic carboxylic acids is 1. The molecule has 1 aliphatic rings.